The molecule has 0 bridgehead atoms. The highest BCUT2D eigenvalue weighted by Crippen LogP contribution is 2.31. The van der Waals surface area contributed by atoms with Gasteiger partial charge in [0.2, 0.25) is 5.91 Å². The van der Waals surface area contributed by atoms with Crippen LogP contribution >= 0.6 is 0 Å². The monoisotopic (exact) mass is 343 g/mol. The van der Waals surface area contributed by atoms with Crippen molar-refractivity contribution in [3.8, 4) is 11.5 Å². The second-order valence-electron chi connectivity index (χ2n) is 5.63. The van der Waals surface area contributed by atoms with Crippen LogP contribution in [0.25, 0.3) is 6.08 Å². The van der Waals surface area contributed by atoms with E-state index >= 15 is 0 Å². The predicted molar refractivity (Wildman–Crippen MR) is 98.9 cm³/mol. The first-order valence-corrected chi connectivity index (χ1v) is 8.49. The van der Waals surface area contributed by atoms with Gasteiger partial charge in [0.15, 0.2) is 11.5 Å². The van der Waals surface area contributed by atoms with Crippen molar-refractivity contribution in [2.24, 2.45) is 7.05 Å². The molecule has 0 atom stereocenters. The fraction of sp³-hybridized carbons (Fsp3) is 0.368. The Morgan fingerprint density at radius 3 is 2.56 bits per heavy atom. The second kappa shape index (κ2) is 9.52. The van der Waals surface area contributed by atoms with E-state index in [2.05, 4.69) is 17.3 Å². The van der Waals surface area contributed by atoms with Gasteiger partial charge in [-0.1, -0.05) is 13.8 Å². The minimum atomic E-state index is -0.215. The van der Waals surface area contributed by atoms with Crippen LogP contribution in [0.4, 0.5) is 5.69 Å². The molecule has 0 aliphatic rings. The number of carbonyl (C=O) groups is 1. The molecule has 1 aromatic heterocycles. The fourth-order valence-electron chi connectivity index (χ4n) is 2.12. The van der Waals surface area contributed by atoms with Crippen molar-refractivity contribution in [1.82, 2.24) is 9.78 Å². The number of carbonyl (C=O) groups excluding carboxylic acids is 1. The summed E-state index contributed by atoms with van der Waals surface area (Å²) in [5.74, 6) is 1.12. The Morgan fingerprint density at radius 2 is 1.92 bits per heavy atom. The van der Waals surface area contributed by atoms with Crippen molar-refractivity contribution in [2.75, 3.05) is 18.5 Å². The van der Waals surface area contributed by atoms with E-state index in [1.165, 1.54) is 6.08 Å². The zero-order chi connectivity index (χ0) is 18.1. The number of aromatic nitrogens is 2. The number of benzene rings is 1. The normalized spacial score (nSPS) is 10.8. The first kappa shape index (κ1) is 18.6. The van der Waals surface area contributed by atoms with Crippen LogP contribution in [0.15, 0.2) is 36.7 Å². The molecule has 0 saturated heterocycles. The first-order valence-electron chi connectivity index (χ1n) is 8.49. The maximum absolute atomic E-state index is 12.1. The van der Waals surface area contributed by atoms with Crippen molar-refractivity contribution in [2.45, 2.75) is 26.7 Å². The molecule has 0 radical (unpaired) electrons. The topological polar surface area (TPSA) is 65.4 Å². The highest BCUT2D eigenvalue weighted by Gasteiger charge is 2.08. The van der Waals surface area contributed by atoms with Crippen molar-refractivity contribution in [1.29, 1.82) is 0 Å². The van der Waals surface area contributed by atoms with Crippen molar-refractivity contribution in [3.05, 3.63) is 42.2 Å². The third-order valence-corrected chi connectivity index (χ3v) is 3.29. The third-order valence-electron chi connectivity index (χ3n) is 3.29. The van der Waals surface area contributed by atoms with Gasteiger partial charge in [0.25, 0.3) is 0 Å². The molecular formula is C19H25N3O3. The van der Waals surface area contributed by atoms with Gasteiger partial charge < -0.3 is 14.8 Å². The fourth-order valence-corrected chi connectivity index (χ4v) is 2.12. The van der Waals surface area contributed by atoms with Crippen molar-refractivity contribution in [3.63, 3.8) is 0 Å². The number of hydrogen-bond acceptors (Lipinski definition) is 4. The summed E-state index contributed by atoms with van der Waals surface area (Å²) in [7, 11) is 1.83. The summed E-state index contributed by atoms with van der Waals surface area (Å²) in [5.41, 5.74) is 1.53. The molecule has 0 aliphatic carbocycles. The van der Waals surface area contributed by atoms with Crippen LogP contribution in [-0.4, -0.2) is 28.9 Å². The predicted octanol–water partition coefficient (Wildman–Crippen LogP) is 3.65. The van der Waals surface area contributed by atoms with Crippen LogP contribution in [0, 0.1) is 0 Å². The standard InChI is InChI=1S/C19H25N3O3/c1-4-10-24-17-8-7-16(12-18(17)25-11-5-2)21-19(23)9-6-15-13-20-22(3)14-15/h6-9,12-14H,4-5,10-11H2,1-3H3,(H,21,23)/b9-6+. The molecule has 25 heavy (non-hydrogen) atoms. The van der Waals surface area contributed by atoms with E-state index < -0.39 is 0 Å². The van der Waals surface area contributed by atoms with Crippen LogP contribution in [0.1, 0.15) is 32.3 Å². The average Bonchev–Trinajstić information content (AvgIpc) is 3.02. The first-order chi connectivity index (χ1) is 12.1. The lowest BCUT2D eigenvalue weighted by molar-refractivity contribution is -0.111. The quantitative estimate of drug-likeness (QED) is 0.706. The molecule has 1 N–H and O–H groups in total. The summed E-state index contributed by atoms with van der Waals surface area (Å²) >= 11 is 0. The summed E-state index contributed by atoms with van der Waals surface area (Å²) in [6, 6.07) is 5.41. The van der Waals surface area contributed by atoms with Gasteiger partial charge in [0.1, 0.15) is 0 Å². The smallest absolute Gasteiger partial charge is 0.248 e. The lowest BCUT2D eigenvalue weighted by atomic mass is 10.2. The van der Waals surface area contributed by atoms with Gasteiger partial charge in [-0.3, -0.25) is 9.48 Å². The van der Waals surface area contributed by atoms with Gasteiger partial charge in [-0.15, -0.1) is 0 Å². The van der Waals surface area contributed by atoms with Gasteiger partial charge in [-0.2, -0.15) is 5.10 Å². The van der Waals surface area contributed by atoms with Gasteiger partial charge in [0.05, 0.1) is 19.4 Å². The summed E-state index contributed by atoms with van der Waals surface area (Å²) in [6.07, 6.45) is 8.55. The van der Waals surface area contributed by atoms with E-state index in [9.17, 15) is 4.79 Å². The number of nitrogens with zero attached hydrogens (tertiary/aromatic N) is 2. The SMILES string of the molecule is CCCOc1ccc(NC(=O)/C=C/c2cnn(C)c2)cc1OCCC. The average molecular weight is 343 g/mol. The van der Waals surface area contributed by atoms with Crippen molar-refractivity contribution < 1.29 is 14.3 Å². The Labute approximate surface area is 148 Å². The molecule has 6 heteroatoms. The van der Waals surface area contributed by atoms with E-state index in [1.54, 1.807) is 29.1 Å². The van der Waals surface area contributed by atoms with Crippen LogP contribution in [0.2, 0.25) is 0 Å². The minimum absolute atomic E-state index is 0.215. The zero-order valence-corrected chi connectivity index (χ0v) is 15.0. The summed E-state index contributed by atoms with van der Waals surface area (Å²) in [5, 5.41) is 6.89. The number of anilines is 1. The molecule has 0 fully saturated rings. The maximum Gasteiger partial charge on any atom is 0.248 e. The third kappa shape index (κ3) is 5.99. The largest absolute Gasteiger partial charge is 0.490 e. The summed E-state index contributed by atoms with van der Waals surface area (Å²) in [6.45, 7) is 5.32. The Hall–Kier alpha value is -2.76. The molecule has 1 amide bonds. The number of rotatable bonds is 9. The summed E-state index contributed by atoms with van der Waals surface area (Å²) < 4.78 is 13.1. The van der Waals surface area contributed by atoms with E-state index in [-0.39, 0.29) is 5.91 Å². The van der Waals surface area contributed by atoms with Crippen LogP contribution in [-0.2, 0) is 11.8 Å². The second-order valence-corrected chi connectivity index (χ2v) is 5.63. The zero-order valence-electron chi connectivity index (χ0n) is 15.0. The van der Waals surface area contributed by atoms with Crippen LogP contribution < -0.4 is 14.8 Å². The lowest BCUT2D eigenvalue weighted by Gasteiger charge is -2.13. The molecule has 2 rings (SSSR count). The maximum atomic E-state index is 12.1. The van der Waals surface area contributed by atoms with E-state index in [0.717, 1.165) is 18.4 Å². The molecular weight excluding hydrogens is 318 g/mol. The molecule has 0 saturated carbocycles. The van der Waals surface area contributed by atoms with Crippen LogP contribution in [0.5, 0.6) is 11.5 Å². The van der Waals surface area contributed by atoms with Gasteiger partial charge in [-0.25, -0.2) is 0 Å². The van der Waals surface area contributed by atoms with Crippen molar-refractivity contribution >= 4 is 17.7 Å². The molecule has 2 aromatic rings. The number of hydrogen-bond donors (Lipinski definition) is 1. The van der Waals surface area contributed by atoms with E-state index in [1.807, 2.05) is 26.2 Å². The van der Waals surface area contributed by atoms with E-state index in [4.69, 9.17) is 9.47 Å². The molecule has 1 aromatic carbocycles. The molecule has 0 unspecified atom stereocenters. The van der Waals surface area contributed by atoms with Crippen LogP contribution in [0.3, 0.4) is 0 Å². The molecule has 0 spiro atoms. The molecule has 0 aliphatic heterocycles. The Kier molecular flexibility index (Phi) is 7.07. The number of aryl methyl sites for hydroxylation is 1. The number of amides is 1. The Morgan fingerprint density at radius 1 is 1.20 bits per heavy atom. The van der Waals surface area contributed by atoms with Gasteiger partial charge >= 0.3 is 0 Å². The number of nitrogens with one attached hydrogen (secondary N) is 1. The highest BCUT2D eigenvalue weighted by molar-refractivity contribution is 6.02. The highest BCUT2D eigenvalue weighted by atomic mass is 16.5. The molecule has 1 heterocycles. The molecule has 134 valence electrons. The van der Waals surface area contributed by atoms with Gasteiger partial charge in [-0.05, 0) is 31.1 Å². The lowest BCUT2D eigenvalue weighted by Crippen LogP contribution is -2.08. The Bertz CT molecular complexity index is 722. The summed E-state index contributed by atoms with van der Waals surface area (Å²) in [4.78, 5) is 12.1. The van der Waals surface area contributed by atoms with Gasteiger partial charge in [0, 0.05) is 36.6 Å². The number of ether oxygens (including phenoxy) is 2. The molecule has 6 nitrogen and oxygen atoms in total. The van der Waals surface area contributed by atoms with E-state index in [0.29, 0.717) is 30.4 Å². The Balaban J connectivity index is 2.04. The minimum Gasteiger partial charge on any atom is -0.490 e.